The molecule has 1 aliphatic carbocycles. The van der Waals surface area contributed by atoms with Crippen molar-refractivity contribution < 1.29 is 18.3 Å². The minimum absolute atomic E-state index is 0.00742. The van der Waals surface area contributed by atoms with Crippen molar-refractivity contribution in [2.75, 3.05) is 20.2 Å². The fourth-order valence-electron chi connectivity index (χ4n) is 6.08. The molecule has 1 heterocycles. The Hall–Kier alpha value is -4.51. The molecule has 6 rings (SSSR count). The van der Waals surface area contributed by atoms with Crippen LogP contribution in [0.5, 0.6) is 5.75 Å². The third kappa shape index (κ3) is 5.07. The molecule has 200 valence electrons. The van der Waals surface area contributed by atoms with Crippen LogP contribution in [0.4, 0.5) is 8.78 Å². The van der Waals surface area contributed by atoms with E-state index in [9.17, 15) is 13.6 Å². The molecular weight excluding hydrogens is 504 g/mol. The lowest BCUT2D eigenvalue weighted by Crippen LogP contribution is -2.43. The number of carbonyl (C=O) groups is 1. The minimum atomic E-state index is -0.291. The number of halogens is 2. The summed E-state index contributed by atoms with van der Waals surface area (Å²) in [7, 11) is 1.65. The van der Waals surface area contributed by atoms with Gasteiger partial charge in [0.2, 0.25) is 0 Å². The van der Waals surface area contributed by atoms with Gasteiger partial charge in [0.25, 0.3) is 5.91 Å². The van der Waals surface area contributed by atoms with Gasteiger partial charge in [0.05, 0.1) is 7.11 Å². The topological polar surface area (TPSA) is 29.5 Å². The molecule has 0 aromatic heterocycles. The van der Waals surface area contributed by atoms with Crippen molar-refractivity contribution in [3.63, 3.8) is 0 Å². The Morgan fingerprint density at radius 3 is 2.10 bits per heavy atom. The molecule has 0 bridgehead atoms. The number of allylic oxidation sites excluding steroid dienone is 1. The molecule has 4 aromatic rings. The van der Waals surface area contributed by atoms with Crippen LogP contribution in [0.3, 0.4) is 0 Å². The molecule has 1 unspecified atom stereocenters. The summed E-state index contributed by atoms with van der Waals surface area (Å²) in [5.74, 6) is 0.174. The fraction of sp³-hybridized carbons (Fsp3) is 0.171. The number of likely N-dealkylation sites (tertiary alicyclic amines) is 1. The largest absolute Gasteiger partial charge is 0.497 e. The van der Waals surface area contributed by atoms with E-state index in [1.54, 1.807) is 19.2 Å². The van der Waals surface area contributed by atoms with E-state index >= 15 is 0 Å². The predicted molar refractivity (Wildman–Crippen MR) is 153 cm³/mol. The van der Waals surface area contributed by atoms with Crippen molar-refractivity contribution in [3.05, 3.63) is 154 Å². The summed E-state index contributed by atoms with van der Waals surface area (Å²) in [6, 6.07) is 30.5. The van der Waals surface area contributed by atoms with E-state index in [2.05, 4.69) is 24.3 Å². The Kier molecular flexibility index (Phi) is 7.04. The first kappa shape index (κ1) is 25.8. The molecule has 40 heavy (non-hydrogen) atoms. The first-order valence-electron chi connectivity index (χ1n) is 13.4. The molecule has 4 aromatic carbocycles. The lowest BCUT2D eigenvalue weighted by atomic mass is 9.75. The van der Waals surface area contributed by atoms with Gasteiger partial charge in [-0.1, -0.05) is 60.7 Å². The van der Waals surface area contributed by atoms with E-state index in [1.807, 2.05) is 59.5 Å². The van der Waals surface area contributed by atoms with Crippen LogP contribution < -0.4 is 4.74 Å². The number of rotatable bonds is 5. The molecule has 2 aliphatic rings. The first-order chi connectivity index (χ1) is 19.5. The second-order valence-electron chi connectivity index (χ2n) is 10.4. The van der Waals surface area contributed by atoms with Crippen molar-refractivity contribution in [1.29, 1.82) is 0 Å². The van der Waals surface area contributed by atoms with Crippen LogP contribution in [0, 0.1) is 17.6 Å². The molecule has 3 nitrogen and oxygen atoms in total. The van der Waals surface area contributed by atoms with E-state index in [1.165, 1.54) is 29.8 Å². The monoisotopic (exact) mass is 533 g/mol. The molecular formula is C35H29F2NO2. The third-order valence-corrected chi connectivity index (χ3v) is 8.00. The van der Waals surface area contributed by atoms with Crippen LogP contribution in [-0.2, 0) is 0 Å². The number of ether oxygens (including phenoxy) is 1. The molecule has 1 aliphatic heterocycles. The van der Waals surface area contributed by atoms with Gasteiger partial charge < -0.3 is 9.64 Å². The van der Waals surface area contributed by atoms with Gasteiger partial charge in [0.15, 0.2) is 0 Å². The minimum Gasteiger partial charge on any atom is -0.497 e. The van der Waals surface area contributed by atoms with Gasteiger partial charge in [-0.25, -0.2) is 8.78 Å². The van der Waals surface area contributed by atoms with Crippen molar-refractivity contribution in [1.82, 2.24) is 4.90 Å². The zero-order valence-electron chi connectivity index (χ0n) is 22.1. The fourth-order valence-corrected chi connectivity index (χ4v) is 6.08. The molecule has 1 amide bonds. The van der Waals surface area contributed by atoms with Crippen molar-refractivity contribution in [2.45, 2.75) is 11.8 Å². The summed E-state index contributed by atoms with van der Waals surface area (Å²) in [5.41, 5.74) is 5.86. The highest BCUT2D eigenvalue weighted by atomic mass is 19.1. The number of nitrogens with zero attached hydrogens (tertiary/aromatic N) is 1. The van der Waals surface area contributed by atoms with Crippen LogP contribution in [0.25, 0.3) is 6.08 Å². The number of amides is 1. The van der Waals surface area contributed by atoms with Crippen molar-refractivity contribution in [2.24, 2.45) is 5.92 Å². The van der Waals surface area contributed by atoms with Gasteiger partial charge in [0, 0.05) is 36.4 Å². The lowest BCUT2D eigenvalue weighted by Gasteiger charge is -2.38. The van der Waals surface area contributed by atoms with Gasteiger partial charge in [-0.15, -0.1) is 0 Å². The van der Waals surface area contributed by atoms with Crippen LogP contribution in [-0.4, -0.2) is 31.0 Å². The Morgan fingerprint density at radius 2 is 1.45 bits per heavy atom. The Balaban J connectivity index is 1.47. The molecule has 0 radical (unpaired) electrons. The summed E-state index contributed by atoms with van der Waals surface area (Å²) in [6.45, 7) is 0.980. The molecule has 0 saturated carbocycles. The molecule has 1 fully saturated rings. The van der Waals surface area contributed by atoms with Gasteiger partial charge in [0.1, 0.15) is 17.4 Å². The predicted octanol–water partition coefficient (Wildman–Crippen LogP) is 7.64. The number of fused-ring (bicyclic) bond motifs is 1. The Morgan fingerprint density at radius 1 is 0.825 bits per heavy atom. The number of hydrogen-bond acceptors (Lipinski definition) is 2. The van der Waals surface area contributed by atoms with Crippen LogP contribution in [0.2, 0.25) is 0 Å². The molecule has 1 saturated heterocycles. The smallest absolute Gasteiger partial charge is 0.254 e. The third-order valence-electron chi connectivity index (χ3n) is 8.00. The zero-order chi connectivity index (χ0) is 27.6. The average molecular weight is 534 g/mol. The van der Waals surface area contributed by atoms with Gasteiger partial charge in [-0.3, -0.25) is 4.79 Å². The zero-order valence-corrected chi connectivity index (χ0v) is 22.1. The summed E-state index contributed by atoms with van der Waals surface area (Å²) >= 11 is 0. The van der Waals surface area contributed by atoms with Crippen molar-refractivity contribution in [3.8, 4) is 5.75 Å². The van der Waals surface area contributed by atoms with Gasteiger partial charge in [-0.05, 0) is 82.4 Å². The number of carbonyl (C=O) groups excluding carboxylic acids is 1. The van der Waals surface area contributed by atoms with E-state index in [-0.39, 0.29) is 35.3 Å². The normalized spacial score (nSPS) is 21.2. The Labute approximate surface area is 233 Å². The number of methoxy groups -OCH3 is 1. The van der Waals surface area contributed by atoms with Crippen LogP contribution in [0.1, 0.15) is 38.9 Å². The molecule has 0 spiro atoms. The quantitative estimate of drug-likeness (QED) is 0.264. The standard InChI is InChI=1S/C35H29F2NO2/c1-40-30-17-11-24(12-18-30)32-20-31-27(19-23-7-13-28(36)14-8-23)21-38(35(39)26-5-3-2-4-6-26)22-33(31)34(32)25-9-15-29(37)16-10-25/h2-20,32-34H,21-22H2,1H3/b27-19+/t32-,33?,34-/m1/s1. The summed E-state index contributed by atoms with van der Waals surface area (Å²) in [5, 5.41) is 0. The number of hydrogen-bond donors (Lipinski definition) is 0. The van der Waals surface area contributed by atoms with Crippen molar-refractivity contribution >= 4 is 12.0 Å². The lowest BCUT2D eigenvalue weighted by molar-refractivity contribution is 0.0732. The van der Waals surface area contributed by atoms with E-state index < -0.39 is 0 Å². The molecule has 5 heteroatoms. The highest BCUT2D eigenvalue weighted by molar-refractivity contribution is 5.95. The average Bonchev–Trinajstić information content (AvgIpc) is 3.38. The maximum absolute atomic E-state index is 14.0. The molecule has 3 atom stereocenters. The van der Waals surface area contributed by atoms with Gasteiger partial charge in [-0.2, -0.15) is 0 Å². The maximum Gasteiger partial charge on any atom is 0.254 e. The number of piperidine rings is 1. The highest BCUT2D eigenvalue weighted by Crippen LogP contribution is 2.53. The summed E-state index contributed by atoms with van der Waals surface area (Å²) in [4.78, 5) is 15.6. The Bertz CT molecular complexity index is 1560. The second-order valence-corrected chi connectivity index (χ2v) is 10.4. The van der Waals surface area contributed by atoms with Gasteiger partial charge >= 0.3 is 0 Å². The summed E-state index contributed by atoms with van der Waals surface area (Å²) < 4.78 is 33.0. The molecule has 0 N–H and O–H groups in total. The van der Waals surface area contributed by atoms with E-state index in [4.69, 9.17) is 4.74 Å². The number of benzene rings is 4. The first-order valence-corrected chi connectivity index (χ1v) is 13.4. The van der Waals surface area contributed by atoms with Crippen LogP contribution in [0.15, 0.2) is 120 Å². The van der Waals surface area contributed by atoms with Crippen LogP contribution >= 0.6 is 0 Å². The maximum atomic E-state index is 14.0. The second kappa shape index (κ2) is 10.9. The highest BCUT2D eigenvalue weighted by Gasteiger charge is 2.44. The van der Waals surface area contributed by atoms with E-state index in [0.717, 1.165) is 28.0 Å². The van der Waals surface area contributed by atoms with E-state index in [0.29, 0.717) is 18.7 Å². The SMILES string of the molecule is COc1ccc([C@H]2C=C3/C(=C/c4ccc(F)cc4)CN(C(=O)c4ccccc4)CC3[C@@H]2c2ccc(F)cc2)cc1. The summed E-state index contributed by atoms with van der Waals surface area (Å²) in [6.07, 6.45) is 4.36.